The van der Waals surface area contributed by atoms with Crippen LogP contribution >= 0.6 is 51.3 Å². The molecule has 3 aromatic carbocycles. The lowest BCUT2D eigenvalue weighted by atomic mass is 10.2. The molecule has 1 aromatic heterocycles. The Morgan fingerprint density at radius 1 is 1.03 bits per heavy atom. The van der Waals surface area contributed by atoms with Crippen molar-refractivity contribution < 1.29 is 4.74 Å². The fourth-order valence-corrected chi connectivity index (χ4v) is 4.15. The topological polar surface area (TPSA) is 54.9 Å². The van der Waals surface area contributed by atoms with Crippen LogP contribution in [-0.4, -0.2) is 14.9 Å². The highest BCUT2D eigenvalue weighted by molar-refractivity contribution is 9.10. The van der Waals surface area contributed by atoms with Crippen molar-refractivity contribution in [2.24, 2.45) is 0 Å². The van der Waals surface area contributed by atoms with Crippen LogP contribution in [0.3, 0.4) is 0 Å². The number of nitrogens with zero attached hydrogens (tertiary/aromatic N) is 2. The van der Waals surface area contributed by atoms with E-state index in [4.69, 9.17) is 40.2 Å². The third-order valence-electron chi connectivity index (χ3n) is 4.59. The van der Waals surface area contributed by atoms with Crippen molar-refractivity contribution >= 4 is 51.3 Å². The van der Waals surface area contributed by atoms with Gasteiger partial charge in [-0.25, -0.2) is 9.77 Å². The first-order chi connectivity index (χ1) is 15.0. The third-order valence-corrected chi connectivity index (χ3v) is 6.06. The van der Waals surface area contributed by atoms with Crippen LogP contribution in [0.15, 0.2) is 71.2 Å². The number of ether oxygens (including phenoxy) is 1. The van der Waals surface area contributed by atoms with Gasteiger partial charge in [0.05, 0.1) is 6.54 Å². The van der Waals surface area contributed by atoms with Gasteiger partial charge in [0.15, 0.2) is 5.82 Å². The summed E-state index contributed by atoms with van der Waals surface area (Å²) >= 11 is 21.5. The maximum atomic E-state index is 6.27. The van der Waals surface area contributed by atoms with Gasteiger partial charge in [-0.05, 0) is 42.5 Å². The lowest BCUT2D eigenvalue weighted by Gasteiger charge is -2.15. The molecule has 0 saturated carbocycles. The van der Waals surface area contributed by atoms with E-state index < -0.39 is 0 Å². The Kier molecular flexibility index (Phi) is 6.97. The van der Waals surface area contributed by atoms with E-state index >= 15 is 0 Å². The Labute approximate surface area is 203 Å². The Hall–Kier alpha value is -2.32. The van der Waals surface area contributed by atoms with Gasteiger partial charge in [-0.2, -0.15) is 5.10 Å². The fourth-order valence-electron chi connectivity index (χ4n) is 3.04. The SMILES string of the molecule is S=c1[nH]nc(-c2ccccc2)n1NCc1cc(Br)ccc1OCc1c(Cl)cccc1Cl. The number of nitrogens with one attached hydrogen (secondary N) is 2. The van der Waals surface area contributed by atoms with Crippen molar-refractivity contribution in [1.82, 2.24) is 14.9 Å². The Bertz CT molecular complexity index is 1240. The summed E-state index contributed by atoms with van der Waals surface area (Å²) in [5, 5.41) is 8.33. The molecule has 0 aliphatic heterocycles. The van der Waals surface area contributed by atoms with Crippen LogP contribution in [-0.2, 0) is 13.2 Å². The highest BCUT2D eigenvalue weighted by atomic mass is 79.9. The molecule has 0 spiro atoms. The number of aromatic amines is 1. The van der Waals surface area contributed by atoms with Crippen LogP contribution < -0.4 is 10.2 Å². The number of H-pyrrole nitrogens is 1. The number of hydrogen-bond acceptors (Lipinski definition) is 4. The van der Waals surface area contributed by atoms with Gasteiger partial charge in [0.2, 0.25) is 4.77 Å². The summed E-state index contributed by atoms with van der Waals surface area (Å²) in [5.41, 5.74) is 5.95. The van der Waals surface area contributed by atoms with Gasteiger partial charge in [-0.15, -0.1) is 0 Å². The standard InChI is InChI=1S/C22H17BrCl2N4OS/c23-16-9-10-20(30-13-17-18(24)7-4-8-19(17)25)15(11-16)12-26-29-21(27-28-22(29)31)14-5-2-1-3-6-14/h1-11,26H,12-13H2,(H,28,31). The summed E-state index contributed by atoms with van der Waals surface area (Å²) in [7, 11) is 0. The molecule has 0 saturated heterocycles. The second kappa shape index (κ2) is 9.87. The summed E-state index contributed by atoms with van der Waals surface area (Å²) < 4.78 is 9.22. The normalized spacial score (nSPS) is 10.8. The first kappa shape index (κ1) is 21.9. The summed E-state index contributed by atoms with van der Waals surface area (Å²) in [6.45, 7) is 0.715. The third kappa shape index (κ3) is 5.13. The van der Waals surface area contributed by atoms with E-state index in [2.05, 4.69) is 31.6 Å². The van der Waals surface area contributed by atoms with E-state index in [0.29, 0.717) is 32.9 Å². The van der Waals surface area contributed by atoms with Crippen LogP contribution in [0.4, 0.5) is 0 Å². The highest BCUT2D eigenvalue weighted by Crippen LogP contribution is 2.29. The minimum absolute atomic E-state index is 0.257. The van der Waals surface area contributed by atoms with Gasteiger partial charge >= 0.3 is 0 Å². The quantitative estimate of drug-likeness (QED) is 0.250. The molecular formula is C22H17BrCl2N4OS. The highest BCUT2D eigenvalue weighted by Gasteiger charge is 2.12. The van der Waals surface area contributed by atoms with Crippen LogP contribution in [0.2, 0.25) is 10.0 Å². The molecular weight excluding hydrogens is 519 g/mol. The first-order valence-electron chi connectivity index (χ1n) is 9.34. The van der Waals surface area contributed by atoms with Crippen LogP contribution in [0, 0.1) is 4.77 Å². The zero-order chi connectivity index (χ0) is 21.8. The Morgan fingerprint density at radius 3 is 2.52 bits per heavy atom. The molecule has 5 nitrogen and oxygen atoms in total. The van der Waals surface area contributed by atoms with E-state index in [0.717, 1.165) is 21.2 Å². The maximum Gasteiger partial charge on any atom is 0.214 e. The monoisotopic (exact) mass is 534 g/mol. The zero-order valence-corrected chi connectivity index (χ0v) is 20.0. The fraction of sp³-hybridized carbons (Fsp3) is 0.0909. The van der Waals surface area contributed by atoms with Crippen molar-refractivity contribution in [3.05, 3.63) is 97.1 Å². The van der Waals surface area contributed by atoms with Crippen molar-refractivity contribution in [2.75, 3.05) is 5.43 Å². The first-order valence-corrected chi connectivity index (χ1v) is 11.3. The molecule has 0 aliphatic rings. The molecule has 0 radical (unpaired) electrons. The second-order valence-electron chi connectivity index (χ2n) is 6.63. The number of halogens is 3. The summed E-state index contributed by atoms with van der Waals surface area (Å²) in [5.74, 6) is 1.41. The molecule has 1 heterocycles. The number of aromatic nitrogens is 3. The molecule has 31 heavy (non-hydrogen) atoms. The summed E-state index contributed by atoms with van der Waals surface area (Å²) in [6, 6.07) is 21.0. The maximum absolute atomic E-state index is 6.27. The predicted octanol–water partition coefficient (Wildman–Crippen LogP) is 7.00. The Morgan fingerprint density at radius 2 is 1.77 bits per heavy atom. The van der Waals surface area contributed by atoms with E-state index in [1.54, 1.807) is 16.8 Å². The Balaban J connectivity index is 1.56. The summed E-state index contributed by atoms with van der Waals surface area (Å²) in [4.78, 5) is 0. The van der Waals surface area contributed by atoms with Crippen molar-refractivity contribution in [3.63, 3.8) is 0 Å². The molecule has 0 atom stereocenters. The van der Waals surface area contributed by atoms with Crippen LogP contribution in [0.5, 0.6) is 5.75 Å². The molecule has 0 aliphatic carbocycles. The molecule has 2 N–H and O–H groups in total. The van der Waals surface area contributed by atoms with Gasteiger partial charge in [-0.3, -0.25) is 0 Å². The van der Waals surface area contributed by atoms with Crippen LogP contribution in [0.25, 0.3) is 11.4 Å². The molecule has 0 fully saturated rings. The average Bonchev–Trinajstić information content (AvgIpc) is 3.14. The largest absolute Gasteiger partial charge is 0.488 e. The van der Waals surface area contributed by atoms with Crippen molar-refractivity contribution in [1.29, 1.82) is 0 Å². The van der Waals surface area contributed by atoms with Crippen molar-refractivity contribution in [3.8, 4) is 17.1 Å². The number of hydrogen-bond donors (Lipinski definition) is 2. The molecule has 9 heteroatoms. The lowest BCUT2D eigenvalue weighted by molar-refractivity contribution is 0.303. The molecule has 0 amide bonds. The number of rotatable bonds is 7. The lowest BCUT2D eigenvalue weighted by Crippen LogP contribution is -2.16. The molecule has 4 aromatic rings. The van der Waals surface area contributed by atoms with Gasteiger partial charge in [-0.1, -0.05) is 75.5 Å². The second-order valence-corrected chi connectivity index (χ2v) is 8.75. The van der Waals surface area contributed by atoms with E-state index in [1.165, 1.54) is 0 Å². The molecule has 4 rings (SSSR count). The van der Waals surface area contributed by atoms with Gasteiger partial charge in [0, 0.05) is 31.2 Å². The average molecular weight is 536 g/mol. The molecule has 0 unspecified atom stereocenters. The minimum atomic E-state index is 0.257. The molecule has 158 valence electrons. The minimum Gasteiger partial charge on any atom is -0.488 e. The number of benzene rings is 3. The van der Waals surface area contributed by atoms with E-state index in [9.17, 15) is 0 Å². The van der Waals surface area contributed by atoms with Crippen molar-refractivity contribution in [2.45, 2.75) is 13.2 Å². The van der Waals surface area contributed by atoms with Gasteiger partial charge < -0.3 is 10.2 Å². The smallest absolute Gasteiger partial charge is 0.214 e. The summed E-state index contributed by atoms with van der Waals surface area (Å²) in [6.07, 6.45) is 0. The molecule has 0 bridgehead atoms. The van der Waals surface area contributed by atoms with E-state index in [1.807, 2.05) is 54.6 Å². The van der Waals surface area contributed by atoms with Gasteiger partial charge in [0.1, 0.15) is 12.4 Å². The van der Waals surface area contributed by atoms with E-state index in [-0.39, 0.29) is 6.61 Å². The zero-order valence-electron chi connectivity index (χ0n) is 16.1. The van der Waals surface area contributed by atoms with Crippen LogP contribution in [0.1, 0.15) is 11.1 Å². The van der Waals surface area contributed by atoms with Gasteiger partial charge in [0.25, 0.3) is 0 Å². The predicted molar refractivity (Wildman–Crippen MR) is 131 cm³/mol.